The van der Waals surface area contributed by atoms with E-state index < -0.39 is 0 Å². The molecule has 2 aliphatic rings. The van der Waals surface area contributed by atoms with Gasteiger partial charge in [-0.1, -0.05) is 103 Å². The molecule has 53 heavy (non-hydrogen) atoms. The van der Waals surface area contributed by atoms with Crippen molar-refractivity contribution in [1.29, 1.82) is 0 Å². The molecular weight excluding hydrogens is 645 g/mol. The summed E-state index contributed by atoms with van der Waals surface area (Å²) >= 11 is 0. The Morgan fingerprint density at radius 2 is 1.06 bits per heavy atom. The molecule has 0 atom stereocenters. The number of benzene rings is 8. The maximum absolute atomic E-state index is 6.91. The predicted octanol–water partition coefficient (Wildman–Crippen LogP) is 10.7. The molecule has 2 aliphatic heterocycles. The normalized spacial score (nSPS) is 12.6. The molecule has 0 N–H and O–H groups in total. The molecule has 0 fully saturated rings. The van der Waals surface area contributed by atoms with Crippen molar-refractivity contribution in [1.82, 2.24) is 4.57 Å². The zero-order valence-corrected chi connectivity index (χ0v) is 28.8. The molecule has 0 radical (unpaired) electrons. The number of hydrogen-bond donors (Lipinski definition) is 0. The highest BCUT2D eigenvalue weighted by atomic mass is 16.5. The first-order valence-corrected chi connectivity index (χ1v) is 18.1. The molecule has 1 aromatic heterocycles. The molecule has 0 unspecified atom stereocenters. The predicted molar refractivity (Wildman–Crippen MR) is 221 cm³/mol. The van der Waals surface area contributed by atoms with Crippen LogP contribution in [0.2, 0.25) is 0 Å². The van der Waals surface area contributed by atoms with Crippen LogP contribution in [0.25, 0.3) is 27.5 Å². The summed E-state index contributed by atoms with van der Waals surface area (Å²) in [4.78, 5) is 4.71. The number of ether oxygens (including phenoxy) is 1. The van der Waals surface area contributed by atoms with Crippen molar-refractivity contribution < 1.29 is 4.74 Å². The number of para-hydroxylation sites is 5. The maximum Gasteiger partial charge on any atom is 0.256 e. The third kappa shape index (κ3) is 4.57. The van der Waals surface area contributed by atoms with E-state index in [0.29, 0.717) is 0 Å². The van der Waals surface area contributed by atoms with E-state index >= 15 is 0 Å². The van der Waals surface area contributed by atoms with Crippen LogP contribution >= 0.6 is 0 Å². The Morgan fingerprint density at radius 3 is 1.89 bits per heavy atom. The number of nitrogens with zero attached hydrogens (tertiary/aromatic N) is 3. The number of anilines is 6. The van der Waals surface area contributed by atoms with Gasteiger partial charge in [-0.3, -0.25) is 0 Å². The topological polar surface area (TPSA) is 20.6 Å². The molecule has 0 amide bonds. The zero-order chi connectivity index (χ0) is 34.9. The SMILES string of the molecule is c1ccc(N(c2ccc3c(c2)Oc2cccc4c2B3c2ccccc2N4c2ccccc2)c2ccc3c(c2)c2ccccc2n3-c2ccccc2)cc1. The maximum atomic E-state index is 6.91. The highest BCUT2D eigenvalue weighted by Crippen LogP contribution is 2.43. The lowest BCUT2D eigenvalue weighted by Crippen LogP contribution is -2.59. The Balaban J connectivity index is 1.08. The monoisotopic (exact) mass is 677 g/mol. The molecular formula is C48H32BN3O. The van der Waals surface area contributed by atoms with Gasteiger partial charge in [0.15, 0.2) is 0 Å². The summed E-state index contributed by atoms with van der Waals surface area (Å²) < 4.78 is 9.27. The van der Waals surface area contributed by atoms with Crippen molar-refractivity contribution in [2.75, 3.05) is 9.80 Å². The highest BCUT2D eigenvalue weighted by molar-refractivity contribution is 6.99. The summed E-state index contributed by atoms with van der Waals surface area (Å²) in [6.07, 6.45) is 0. The van der Waals surface area contributed by atoms with E-state index in [1.165, 1.54) is 43.9 Å². The Kier molecular flexibility index (Phi) is 6.61. The third-order valence-corrected chi connectivity index (χ3v) is 10.8. The second-order valence-corrected chi connectivity index (χ2v) is 13.7. The minimum absolute atomic E-state index is 0.0424. The number of rotatable bonds is 5. The Bertz CT molecular complexity index is 2830. The molecule has 3 heterocycles. The van der Waals surface area contributed by atoms with Crippen LogP contribution in [0.3, 0.4) is 0 Å². The summed E-state index contributed by atoms with van der Waals surface area (Å²) in [6.45, 7) is 0.0424. The van der Waals surface area contributed by atoms with E-state index in [1.54, 1.807) is 0 Å². The van der Waals surface area contributed by atoms with Crippen molar-refractivity contribution in [3.63, 3.8) is 0 Å². The summed E-state index contributed by atoms with van der Waals surface area (Å²) in [5.74, 6) is 1.77. The molecule has 248 valence electrons. The summed E-state index contributed by atoms with van der Waals surface area (Å²) in [5, 5.41) is 2.43. The lowest BCUT2D eigenvalue weighted by molar-refractivity contribution is 0.487. The second kappa shape index (κ2) is 11.8. The van der Waals surface area contributed by atoms with E-state index in [9.17, 15) is 0 Å². The number of fused-ring (bicyclic) bond motifs is 7. The average Bonchev–Trinajstić information content (AvgIpc) is 3.55. The minimum Gasteiger partial charge on any atom is -0.458 e. The molecule has 0 saturated carbocycles. The average molecular weight is 678 g/mol. The molecule has 0 aliphatic carbocycles. The standard InChI is InChI=1S/C48H32BN3O/c1-4-15-33(16-5-1)50(36-28-30-43-39(31-36)38-21-10-12-23-42(38)51(43)34-17-6-2-7-18-34)37-27-29-41-47(32-37)53-46-26-14-25-45-48(46)49(41)40-22-11-13-24-44(40)52(45)35-19-8-3-9-20-35/h1-32H. The van der Waals surface area contributed by atoms with Crippen LogP contribution in [0.15, 0.2) is 194 Å². The van der Waals surface area contributed by atoms with Crippen LogP contribution in [-0.2, 0) is 0 Å². The fourth-order valence-electron chi connectivity index (χ4n) is 8.59. The molecule has 0 bridgehead atoms. The Morgan fingerprint density at radius 1 is 0.415 bits per heavy atom. The van der Waals surface area contributed by atoms with E-state index in [0.717, 1.165) is 45.6 Å². The van der Waals surface area contributed by atoms with Gasteiger partial charge < -0.3 is 19.1 Å². The number of aromatic nitrogens is 1. The molecule has 0 spiro atoms. The first-order valence-electron chi connectivity index (χ1n) is 18.1. The van der Waals surface area contributed by atoms with Gasteiger partial charge in [0.2, 0.25) is 0 Å². The van der Waals surface area contributed by atoms with Gasteiger partial charge >= 0.3 is 0 Å². The van der Waals surface area contributed by atoms with Crippen LogP contribution in [-0.4, -0.2) is 11.3 Å². The van der Waals surface area contributed by atoms with Gasteiger partial charge in [0, 0.05) is 56.7 Å². The van der Waals surface area contributed by atoms with E-state index in [4.69, 9.17) is 4.74 Å². The van der Waals surface area contributed by atoms with Crippen LogP contribution in [0.1, 0.15) is 0 Å². The van der Waals surface area contributed by atoms with Gasteiger partial charge in [0.1, 0.15) is 11.5 Å². The van der Waals surface area contributed by atoms with E-state index in [1.807, 2.05) is 0 Å². The van der Waals surface area contributed by atoms with E-state index in [2.05, 4.69) is 208 Å². The lowest BCUT2D eigenvalue weighted by Gasteiger charge is -2.40. The third-order valence-electron chi connectivity index (χ3n) is 10.8. The Labute approximate surface area is 308 Å². The van der Waals surface area contributed by atoms with Gasteiger partial charge in [-0.2, -0.15) is 0 Å². The van der Waals surface area contributed by atoms with Gasteiger partial charge in [-0.15, -0.1) is 0 Å². The largest absolute Gasteiger partial charge is 0.458 e. The minimum atomic E-state index is 0.0424. The van der Waals surface area contributed by atoms with Crippen molar-refractivity contribution in [2.45, 2.75) is 0 Å². The summed E-state index contributed by atoms with van der Waals surface area (Å²) in [6, 6.07) is 69.4. The molecule has 8 aromatic carbocycles. The second-order valence-electron chi connectivity index (χ2n) is 13.7. The Hall–Kier alpha value is -6.98. The van der Waals surface area contributed by atoms with E-state index in [-0.39, 0.29) is 6.71 Å². The van der Waals surface area contributed by atoms with Crippen LogP contribution in [0, 0.1) is 0 Å². The van der Waals surface area contributed by atoms with Crippen LogP contribution < -0.4 is 30.9 Å². The first-order chi connectivity index (χ1) is 26.3. The van der Waals surface area contributed by atoms with Crippen molar-refractivity contribution in [2.24, 2.45) is 0 Å². The fraction of sp³-hybridized carbons (Fsp3) is 0. The zero-order valence-electron chi connectivity index (χ0n) is 28.8. The molecule has 9 aromatic rings. The lowest BCUT2D eigenvalue weighted by atomic mass is 9.34. The van der Waals surface area contributed by atoms with Gasteiger partial charge in [0.25, 0.3) is 6.71 Å². The quantitative estimate of drug-likeness (QED) is 0.169. The molecule has 0 saturated heterocycles. The smallest absolute Gasteiger partial charge is 0.256 e. The van der Waals surface area contributed by atoms with Crippen LogP contribution in [0.5, 0.6) is 11.5 Å². The fourth-order valence-corrected chi connectivity index (χ4v) is 8.59. The van der Waals surface area contributed by atoms with Crippen LogP contribution in [0.4, 0.5) is 34.1 Å². The summed E-state index contributed by atoms with van der Waals surface area (Å²) in [5.41, 5.74) is 13.8. The molecule has 5 heteroatoms. The number of hydrogen-bond acceptors (Lipinski definition) is 3. The van der Waals surface area contributed by atoms with Crippen molar-refractivity contribution in [3.05, 3.63) is 194 Å². The summed E-state index contributed by atoms with van der Waals surface area (Å²) in [7, 11) is 0. The first kappa shape index (κ1) is 29.7. The molecule has 11 rings (SSSR count). The van der Waals surface area contributed by atoms with Gasteiger partial charge in [-0.05, 0) is 101 Å². The van der Waals surface area contributed by atoms with Crippen molar-refractivity contribution >= 4 is 79.0 Å². The van der Waals surface area contributed by atoms with Crippen molar-refractivity contribution in [3.8, 4) is 17.2 Å². The highest BCUT2D eigenvalue weighted by Gasteiger charge is 2.41. The van der Waals surface area contributed by atoms with Gasteiger partial charge in [0.05, 0.1) is 11.0 Å². The molecule has 4 nitrogen and oxygen atoms in total. The van der Waals surface area contributed by atoms with Gasteiger partial charge in [-0.25, -0.2) is 0 Å².